The molecule has 0 saturated carbocycles. The minimum atomic E-state index is -0.725. The van der Waals surface area contributed by atoms with Crippen LogP contribution in [0.3, 0.4) is 0 Å². The van der Waals surface area contributed by atoms with Gasteiger partial charge in [-0.2, -0.15) is 0 Å². The largest absolute Gasteiger partial charge is 0.480 e. The molecular weight excluding hydrogens is 562 g/mol. The third-order valence-electron chi connectivity index (χ3n) is 10.5. The molecule has 0 fully saturated rings. The van der Waals surface area contributed by atoms with Crippen LogP contribution in [-0.2, 0) is 4.79 Å². The fourth-order valence-corrected chi connectivity index (χ4v) is 7.33. The van der Waals surface area contributed by atoms with Gasteiger partial charge < -0.3 is 5.11 Å². The lowest BCUT2D eigenvalue weighted by Gasteiger charge is -2.42. The van der Waals surface area contributed by atoms with Gasteiger partial charge in [-0.05, 0) is 84.2 Å². The molecule has 3 heteroatoms. The molecule has 0 aromatic heterocycles. The number of unbranched alkanes of at least 4 members (excludes halogenated alkanes) is 24. The molecule has 1 N–H and O–H groups in total. The second kappa shape index (κ2) is 33.8. The Kier molecular flexibility index (Phi) is 33.0. The number of carboxylic acids is 1. The van der Waals surface area contributed by atoms with E-state index in [1.54, 1.807) is 0 Å². The maximum absolute atomic E-state index is 12.8. The van der Waals surface area contributed by atoms with Crippen molar-refractivity contribution in [2.45, 2.75) is 225 Å². The van der Waals surface area contributed by atoms with Crippen molar-refractivity contribution in [1.29, 1.82) is 0 Å². The van der Waals surface area contributed by atoms with E-state index < -0.39 is 11.5 Å². The SMILES string of the molecule is CCCCCCCC/C=C\CCCCCCCCC(CC)C(CCCCCCCC/C=C\CCCCCCCC)(C(=O)O)N(C)C. The van der Waals surface area contributed by atoms with Crippen molar-refractivity contribution in [2.75, 3.05) is 14.1 Å². The predicted molar refractivity (Wildman–Crippen MR) is 206 cm³/mol. The number of allylic oxidation sites excluding steroid dienone is 4. The smallest absolute Gasteiger partial charge is 0.324 e. The van der Waals surface area contributed by atoms with Gasteiger partial charge in [-0.15, -0.1) is 0 Å². The molecule has 0 bridgehead atoms. The zero-order chi connectivity index (χ0) is 34.0. The molecule has 2 atom stereocenters. The first-order chi connectivity index (χ1) is 22.5. The Morgan fingerprint density at radius 3 is 1.17 bits per heavy atom. The fraction of sp³-hybridized carbons (Fsp3) is 0.884. The van der Waals surface area contributed by atoms with E-state index in [9.17, 15) is 9.90 Å². The van der Waals surface area contributed by atoms with E-state index in [1.807, 2.05) is 19.0 Å². The van der Waals surface area contributed by atoms with E-state index in [-0.39, 0.29) is 5.92 Å². The zero-order valence-corrected chi connectivity index (χ0v) is 32.1. The average molecular weight is 646 g/mol. The number of hydrogen-bond acceptors (Lipinski definition) is 2. The molecule has 272 valence electrons. The van der Waals surface area contributed by atoms with Crippen molar-refractivity contribution in [3.63, 3.8) is 0 Å². The van der Waals surface area contributed by atoms with Crippen molar-refractivity contribution in [2.24, 2.45) is 5.92 Å². The molecule has 0 radical (unpaired) electrons. The molecule has 0 amide bonds. The highest BCUT2D eigenvalue weighted by Crippen LogP contribution is 2.36. The van der Waals surface area contributed by atoms with Crippen molar-refractivity contribution >= 4 is 5.97 Å². The summed E-state index contributed by atoms with van der Waals surface area (Å²) in [4.78, 5) is 14.8. The first-order valence-corrected chi connectivity index (χ1v) is 20.7. The van der Waals surface area contributed by atoms with Gasteiger partial charge in [0.1, 0.15) is 5.54 Å². The van der Waals surface area contributed by atoms with E-state index in [2.05, 4.69) is 45.1 Å². The van der Waals surface area contributed by atoms with Crippen LogP contribution in [0.4, 0.5) is 0 Å². The van der Waals surface area contributed by atoms with E-state index >= 15 is 0 Å². The Bertz CT molecular complexity index is 699. The Hall–Kier alpha value is -1.09. The van der Waals surface area contributed by atoms with Gasteiger partial charge in [0.05, 0.1) is 0 Å². The van der Waals surface area contributed by atoms with Gasteiger partial charge in [-0.3, -0.25) is 9.69 Å². The van der Waals surface area contributed by atoms with Crippen LogP contribution in [-0.4, -0.2) is 35.6 Å². The number of nitrogens with zero attached hydrogens (tertiary/aromatic N) is 1. The van der Waals surface area contributed by atoms with Gasteiger partial charge >= 0.3 is 5.97 Å². The van der Waals surface area contributed by atoms with Crippen molar-refractivity contribution in [3.05, 3.63) is 24.3 Å². The lowest BCUT2D eigenvalue weighted by atomic mass is 9.74. The summed E-state index contributed by atoms with van der Waals surface area (Å²) in [6.07, 6.45) is 48.8. The summed E-state index contributed by atoms with van der Waals surface area (Å²) in [6.45, 7) is 6.76. The number of rotatable bonds is 36. The van der Waals surface area contributed by atoms with Crippen molar-refractivity contribution < 1.29 is 9.90 Å². The second-order valence-electron chi connectivity index (χ2n) is 14.6. The van der Waals surface area contributed by atoms with Crippen LogP contribution in [0, 0.1) is 5.92 Å². The molecule has 0 aromatic rings. The highest BCUT2D eigenvalue weighted by atomic mass is 16.4. The maximum atomic E-state index is 12.8. The van der Waals surface area contributed by atoms with Crippen LogP contribution in [0.15, 0.2) is 24.3 Å². The third-order valence-corrected chi connectivity index (χ3v) is 10.5. The minimum absolute atomic E-state index is 0.222. The van der Waals surface area contributed by atoms with Gasteiger partial charge in [0.2, 0.25) is 0 Å². The minimum Gasteiger partial charge on any atom is -0.480 e. The molecule has 0 aromatic carbocycles. The van der Waals surface area contributed by atoms with Crippen LogP contribution in [0.5, 0.6) is 0 Å². The lowest BCUT2D eigenvalue weighted by Crippen LogP contribution is -2.56. The monoisotopic (exact) mass is 646 g/mol. The first kappa shape index (κ1) is 44.9. The summed E-state index contributed by atoms with van der Waals surface area (Å²) in [7, 11) is 4.00. The number of likely N-dealkylation sites (N-methyl/N-ethyl adjacent to an activating group) is 1. The highest BCUT2D eigenvalue weighted by Gasteiger charge is 2.46. The molecular formula is C43H83NO2. The van der Waals surface area contributed by atoms with Gasteiger partial charge in [0.25, 0.3) is 0 Å². The second-order valence-corrected chi connectivity index (χ2v) is 14.6. The quantitative estimate of drug-likeness (QED) is 0.0544. The molecule has 0 saturated heterocycles. The highest BCUT2D eigenvalue weighted by molar-refractivity contribution is 5.79. The maximum Gasteiger partial charge on any atom is 0.324 e. The van der Waals surface area contributed by atoms with Crippen LogP contribution in [0.25, 0.3) is 0 Å². The summed E-state index contributed by atoms with van der Waals surface area (Å²) in [5, 5.41) is 10.5. The molecule has 0 spiro atoms. The Balaban J connectivity index is 4.12. The van der Waals surface area contributed by atoms with E-state index in [4.69, 9.17) is 0 Å². The van der Waals surface area contributed by atoms with Crippen molar-refractivity contribution in [3.8, 4) is 0 Å². The topological polar surface area (TPSA) is 40.5 Å². The number of carbonyl (C=O) groups is 1. The standard InChI is InChI=1S/C43H83NO2/c1-6-9-11-13-15-17-19-21-23-25-27-29-31-33-35-37-39-41(8-3)43(42(45)46,44(4)5)40-38-36-34-32-30-28-26-24-22-20-18-16-14-12-10-7-2/h21-24,41H,6-20,25-40H2,1-5H3,(H,45,46)/b23-21-,24-22-. The first-order valence-electron chi connectivity index (χ1n) is 20.7. The van der Waals surface area contributed by atoms with Crippen molar-refractivity contribution in [1.82, 2.24) is 4.90 Å². The van der Waals surface area contributed by atoms with Gasteiger partial charge in [-0.1, -0.05) is 180 Å². The number of hydrogen-bond donors (Lipinski definition) is 1. The number of aliphatic carboxylic acids is 1. The average Bonchev–Trinajstić information content (AvgIpc) is 3.04. The normalized spacial score (nSPS) is 14.1. The summed E-state index contributed by atoms with van der Waals surface area (Å²) < 4.78 is 0. The van der Waals surface area contributed by atoms with Gasteiger partial charge in [0.15, 0.2) is 0 Å². The van der Waals surface area contributed by atoms with Gasteiger partial charge in [-0.25, -0.2) is 0 Å². The molecule has 0 aliphatic heterocycles. The zero-order valence-electron chi connectivity index (χ0n) is 32.1. The van der Waals surface area contributed by atoms with Gasteiger partial charge in [0, 0.05) is 0 Å². The van der Waals surface area contributed by atoms with E-state index in [0.29, 0.717) is 0 Å². The Morgan fingerprint density at radius 1 is 0.522 bits per heavy atom. The fourth-order valence-electron chi connectivity index (χ4n) is 7.33. The van der Waals surface area contributed by atoms with E-state index in [1.165, 1.54) is 161 Å². The summed E-state index contributed by atoms with van der Waals surface area (Å²) in [6, 6.07) is 0. The van der Waals surface area contributed by atoms with E-state index in [0.717, 1.165) is 38.5 Å². The molecule has 0 aliphatic rings. The number of carboxylic acid groups (broad SMARTS) is 1. The third kappa shape index (κ3) is 24.1. The van der Waals surface area contributed by atoms with Crippen LogP contribution in [0.2, 0.25) is 0 Å². The lowest BCUT2D eigenvalue weighted by molar-refractivity contribution is -0.155. The molecule has 46 heavy (non-hydrogen) atoms. The Labute approximate surface area is 289 Å². The van der Waals surface area contributed by atoms with Crippen LogP contribution < -0.4 is 0 Å². The molecule has 0 rings (SSSR count). The Morgan fingerprint density at radius 2 is 0.848 bits per heavy atom. The molecule has 0 heterocycles. The molecule has 2 unspecified atom stereocenters. The molecule has 0 aliphatic carbocycles. The summed E-state index contributed by atoms with van der Waals surface area (Å²) in [5.41, 5.74) is -0.725. The summed E-state index contributed by atoms with van der Waals surface area (Å²) >= 11 is 0. The predicted octanol–water partition coefficient (Wildman–Crippen LogP) is 14.3. The summed E-state index contributed by atoms with van der Waals surface area (Å²) in [5.74, 6) is -0.387. The van der Waals surface area contributed by atoms with Crippen LogP contribution >= 0.6 is 0 Å². The van der Waals surface area contributed by atoms with Crippen LogP contribution in [0.1, 0.15) is 220 Å². The molecule has 3 nitrogen and oxygen atoms in total.